The standard InChI is InChI=1S/C27H24IN3O4/c1-18(20-9-5-3-6-10-20)30-27(33)21(16-29)13-19-14-23(28)26(24(15-19)34-2)35-17-25(32)31-22-11-7-4-8-12-22/h3-15,18H,17H2,1-2H3,(H,30,33)(H,31,32)/b21-13-/t18-/m1/s1. The first-order valence-corrected chi connectivity index (χ1v) is 11.8. The van der Waals surface area contributed by atoms with E-state index in [9.17, 15) is 14.9 Å². The molecule has 3 aromatic rings. The number of carbonyl (C=O) groups excluding carboxylic acids is 2. The summed E-state index contributed by atoms with van der Waals surface area (Å²) >= 11 is 2.06. The van der Waals surface area contributed by atoms with Crippen LogP contribution in [0.5, 0.6) is 11.5 Å². The summed E-state index contributed by atoms with van der Waals surface area (Å²) in [6.45, 7) is 1.65. The van der Waals surface area contributed by atoms with Crippen molar-refractivity contribution in [2.24, 2.45) is 0 Å². The van der Waals surface area contributed by atoms with E-state index in [0.717, 1.165) is 5.56 Å². The fourth-order valence-corrected chi connectivity index (χ4v) is 4.02. The first-order chi connectivity index (χ1) is 16.9. The van der Waals surface area contributed by atoms with E-state index in [2.05, 4.69) is 33.2 Å². The number of carbonyl (C=O) groups is 2. The number of methoxy groups -OCH3 is 1. The van der Waals surface area contributed by atoms with Crippen molar-refractivity contribution in [3.63, 3.8) is 0 Å². The van der Waals surface area contributed by atoms with Gasteiger partial charge in [0.1, 0.15) is 11.6 Å². The number of amides is 2. The second-order valence-electron chi connectivity index (χ2n) is 7.51. The van der Waals surface area contributed by atoms with E-state index in [4.69, 9.17) is 9.47 Å². The molecule has 35 heavy (non-hydrogen) atoms. The topological polar surface area (TPSA) is 100 Å². The van der Waals surface area contributed by atoms with Crippen LogP contribution in [0.1, 0.15) is 24.1 Å². The molecule has 7 nitrogen and oxygen atoms in total. The molecule has 0 saturated carbocycles. The molecule has 0 spiro atoms. The maximum absolute atomic E-state index is 12.7. The number of rotatable bonds is 9. The molecule has 0 aliphatic rings. The van der Waals surface area contributed by atoms with Crippen molar-refractivity contribution < 1.29 is 19.1 Å². The van der Waals surface area contributed by atoms with E-state index in [0.29, 0.717) is 26.3 Å². The maximum Gasteiger partial charge on any atom is 0.262 e. The highest BCUT2D eigenvalue weighted by Crippen LogP contribution is 2.34. The Kier molecular flexibility index (Phi) is 9.26. The number of hydrogen-bond donors (Lipinski definition) is 2. The predicted octanol–water partition coefficient (Wildman–Crippen LogP) is 5.10. The Labute approximate surface area is 217 Å². The van der Waals surface area contributed by atoms with Crippen LogP contribution in [-0.4, -0.2) is 25.5 Å². The number of hydrogen-bond acceptors (Lipinski definition) is 5. The fourth-order valence-electron chi connectivity index (χ4n) is 3.23. The monoisotopic (exact) mass is 581 g/mol. The van der Waals surface area contributed by atoms with Gasteiger partial charge in [-0.25, -0.2) is 0 Å². The Hall–Kier alpha value is -3.84. The zero-order valence-corrected chi connectivity index (χ0v) is 21.4. The summed E-state index contributed by atoms with van der Waals surface area (Å²) in [5.41, 5.74) is 2.16. The van der Waals surface area contributed by atoms with Crippen LogP contribution in [0.3, 0.4) is 0 Å². The molecule has 0 radical (unpaired) electrons. The fraction of sp³-hybridized carbons (Fsp3) is 0.148. The van der Waals surface area contributed by atoms with E-state index in [-0.39, 0.29) is 24.1 Å². The Morgan fingerprint density at radius 1 is 1.09 bits per heavy atom. The van der Waals surface area contributed by atoms with E-state index < -0.39 is 5.91 Å². The molecular formula is C27H24IN3O4. The Morgan fingerprint density at radius 2 is 1.74 bits per heavy atom. The van der Waals surface area contributed by atoms with Crippen LogP contribution in [0.2, 0.25) is 0 Å². The van der Waals surface area contributed by atoms with Gasteiger partial charge in [-0.2, -0.15) is 5.26 Å². The van der Waals surface area contributed by atoms with Crippen molar-refractivity contribution in [1.82, 2.24) is 5.32 Å². The summed E-state index contributed by atoms with van der Waals surface area (Å²) in [7, 11) is 1.48. The Bertz CT molecular complexity index is 1250. The van der Waals surface area contributed by atoms with Crippen LogP contribution < -0.4 is 20.1 Å². The van der Waals surface area contributed by atoms with Crippen molar-refractivity contribution in [3.05, 3.63) is 93.1 Å². The van der Waals surface area contributed by atoms with Gasteiger partial charge in [0.05, 0.1) is 16.7 Å². The van der Waals surface area contributed by atoms with Crippen molar-refractivity contribution >= 4 is 46.2 Å². The van der Waals surface area contributed by atoms with Crippen LogP contribution in [-0.2, 0) is 9.59 Å². The highest BCUT2D eigenvalue weighted by atomic mass is 127. The van der Waals surface area contributed by atoms with Crippen molar-refractivity contribution in [2.75, 3.05) is 19.0 Å². The third-order valence-electron chi connectivity index (χ3n) is 4.98. The van der Waals surface area contributed by atoms with Gasteiger partial charge in [0, 0.05) is 5.69 Å². The summed E-state index contributed by atoms with van der Waals surface area (Å²) < 4.78 is 11.8. The first-order valence-electron chi connectivity index (χ1n) is 10.7. The number of ether oxygens (including phenoxy) is 2. The molecule has 0 bridgehead atoms. The highest BCUT2D eigenvalue weighted by Gasteiger charge is 2.17. The van der Waals surface area contributed by atoms with E-state index >= 15 is 0 Å². The van der Waals surface area contributed by atoms with Crippen LogP contribution in [0.15, 0.2) is 78.4 Å². The molecule has 0 heterocycles. The number of nitrogens with zero attached hydrogens (tertiary/aromatic N) is 1. The van der Waals surface area contributed by atoms with Gasteiger partial charge in [0.15, 0.2) is 18.1 Å². The van der Waals surface area contributed by atoms with Gasteiger partial charge in [-0.05, 0) is 71.0 Å². The second kappa shape index (κ2) is 12.6. The number of benzene rings is 3. The molecule has 0 aliphatic carbocycles. The third-order valence-corrected chi connectivity index (χ3v) is 5.78. The van der Waals surface area contributed by atoms with Crippen LogP contribution in [0.4, 0.5) is 5.69 Å². The molecule has 1 atom stereocenters. The molecule has 3 aromatic carbocycles. The minimum atomic E-state index is -0.476. The van der Waals surface area contributed by atoms with Gasteiger partial charge in [-0.3, -0.25) is 9.59 Å². The second-order valence-corrected chi connectivity index (χ2v) is 8.67. The van der Waals surface area contributed by atoms with E-state index in [1.54, 1.807) is 24.3 Å². The molecule has 0 aliphatic heterocycles. The third kappa shape index (κ3) is 7.32. The molecule has 2 N–H and O–H groups in total. The number of anilines is 1. The lowest BCUT2D eigenvalue weighted by molar-refractivity contribution is -0.118. The average Bonchev–Trinajstić information content (AvgIpc) is 2.87. The zero-order chi connectivity index (χ0) is 25.2. The van der Waals surface area contributed by atoms with Crippen molar-refractivity contribution in [3.8, 4) is 17.6 Å². The summed E-state index contributed by atoms with van der Waals surface area (Å²) in [6, 6.07) is 23.7. The smallest absolute Gasteiger partial charge is 0.262 e. The average molecular weight is 581 g/mol. The summed E-state index contributed by atoms with van der Waals surface area (Å²) in [5.74, 6) is -0.00938. The van der Waals surface area contributed by atoms with Gasteiger partial charge in [-0.1, -0.05) is 48.5 Å². The van der Waals surface area contributed by atoms with Gasteiger partial charge in [0.2, 0.25) is 0 Å². The Balaban J connectivity index is 1.72. The van der Waals surface area contributed by atoms with Gasteiger partial charge < -0.3 is 20.1 Å². The number of halogens is 1. The van der Waals surface area contributed by atoms with E-state index in [1.165, 1.54) is 13.2 Å². The van der Waals surface area contributed by atoms with E-state index in [1.807, 2.05) is 61.5 Å². The quantitative estimate of drug-likeness (QED) is 0.208. The Morgan fingerprint density at radius 3 is 2.37 bits per heavy atom. The minimum absolute atomic E-state index is 0.0402. The van der Waals surface area contributed by atoms with Gasteiger partial charge in [0.25, 0.3) is 11.8 Å². The normalized spacial score (nSPS) is 11.7. The summed E-state index contributed by atoms with van der Waals surface area (Å²) in [6.07, 6.45) is 1.49. The lowest BCUT2D eigenvalue weighted by Gasteiger charge is -2.15. The summed E-state index contributed by atoms with van der Waals surface area (Å²) in [4.78, 5) is 24.9. The highest BCUT2D eigenvalue weighted by molar-refractivity contribution is 14.1. The summed E-state index contributed by atoms with van der Waals surface area (Å²) in [5, 5.41) is 15.2. The zero-order valence-electron chi connectivity index (χ0n) is 19.2. The molecular weight excluding hydrogens is 557 g/mol. The molecule has 0 fully saturated rings. The first kappa shape index (κ1) is 25.8. The van der Waals surface area contributed by atoms with Crippen LogP contribution >= 0.6 is 22.6 Å². The molecule has 0 aromatic heterocycles. The number of para-hydroxylation sites is 1. The largest absolute Gasteiger partial charge is 0.493 e. The number of nitrogens with one attached hydrogen (secondary N) is 2. The van der Waals surface area contributed by atoms with Crippen LogP contribution in [0, 0.1) is 14.9 Å². The minimum Gasteiger partial charge on any atom is -0.493 e. The lowest BCUT2D eigenvalue weighted by Crippen LogP contribution is -2.27. The van der Waals surface area contributed by atoms with Gasteiger partial charge in [-0.15, -0.1) is 0 Å². The van der Waals surface area contributed by atoms with Crippen molar-refractivity contribution in [2.45, 2.75) is 13.0 Å². The molecule has 178 valence electrons. The predicted molar refractivity (Wildman–Crippen MR) is 143 cm³/mol. The molecule has 2 amide bonds. The van der Waals surface area contributed by atoms with Crippen molar-refractivity contribution in [1.29, 1.82) is 5.26 Å². The number of nitriles is 1. The molecule has 0 saturated heterocycles. The molecule has 8 heteroatoms. The van der Waals surface area contributed by atoms with Gasteiger partial charge >= 0.3 is 0 Å². The lowest BCUT2D eigenvalue weighted by atomic mass is 10.1. The molecule has 3 rings (SSSR count). The SMILES string of the molecule is COc1cc(/C=C(/C#N)C(=O)N[C@H](C)c2ccccc2)cc(I)c1OCC(=O)Nc1ccccc1. The molecule has 0 unspecified atom stereocenters. The van der Waals surface area contributed by atoms with Crippen LogP contribution in [0.25, 0.3) is 6.08 Å². The maximum atomic E-state index is 12.7.